The van der Waals surface area contributed by atoms with Crippen LogP contribution in [0.2, 0.25) is 5.02 Å². The minimum Gasteiger partial charge on any atom is -0.485 e. The number of aliphatic imine (C=N–C) groups is 1. The monoisotopic (exact) mass is 572 g/mol. The second kappa shape index (κ2) is 13.0. The van der Waals surface area contributed by atoms with E-state index in [0.717, 1.165) is 11.8 Å². The van der Waals surface area contributed by atoms with Crippen LogP contribution < -0.4 is 15.9 Å². The average Bonchev–Trinajstić information content (AvgIpc) is 2.87. The molecule has 3 rings (SSSR count). The summed E-state index contributed by atoms with van der Waals surface area (Å²) in [6.45, 7) is 10.3. The van der Waals surface area contributed by atoms with Gasteiger partial charge in [0.05, 0.1) is 12.3 Å². The van der Waals surface area contributed by atoms with Gasteiger partial charge in [0.2, 0.25) is 0 Å². The molecule has 0 aliphatic carbocycles. The Bertz CT molecular complexity index is 1620. The first-order valence-electron chi connectivity index (χ1n) is 12.5. The Labute approximate surface area is 235 Å². The van der Waals surface area contributed by atoms with Crippen molar-refractivity contribution in [2.75, 3.05) is 0 Å². The third-order valence-electron chi connectivity index (χ3n) is 6.20. The van der Waals surface area contributed by atoms with Gasteiger partial charge < -0.3 is 9.84 Å². The van der Waals surface area contributed by atoms with Gasteiger partial charge in [-0.1, -0.05) is 25.4 Å². The van der Waals surface area contributed by atoms with E-state index in [0.29, 0.717) is 22.9 Å². The van der Waals surface area contributed by atoms with Crippen LogP contribution in [-0.4, -0.2) is 31.2 Å². The standard InChI is InChI=1S/C29H31ClF2N4O4/c1-16(2)26-17(3)7-9-36(28(26)38)25(34-13-18(4)20(6)37)8-10-35-19(5)11-24(27(30)29(35)39)40-15-23-22(32)12-21(31)14-33-23/h7-14,16,20,37H,15H2,1-6H3/b10-8+,18-13-,34-25+/t20-/m0/s1. The molecule has 3 aromatic heterocycles. The summed E-state index contributed by atoms with van der Waals surface area (Å²) in [5, 5.41) is 9.59. The van der Waals surface area contributed by atoms with Gasteiger partial charge in [0, 0.05) is 42.0 Å². The second-order valence-corrected chi connectivity index (χ2v) is 9.98. The third kappa shape index (κ3) is 7.00. The minimum absolute atomic E-state index is 0.0000491. The van der Waals surface area contributed by atoms with Crippen LogP contribution in [0.15, 0.2) is 63.0 Å². The average molecular weight is 573 g/mol. The predicted octanol–water partition coefficient (Wildman–Crippen LogP) is 5.36. The van der Waals surface area contributed by atoms with Gasteiger partial charge in [-0.3, -0.25) is 23.7 Å². The summed E-state index contributed by atoms with van der Waals surface area (Å²) in [5.41, 5.74) is 1.43. The molecular weight excluding hydrogens is 542 g/mol. The zero-order valence-corrected chi connectivity index (χ0v) is 23.8. The lowest BCUT2D eigenvalue weighted by atomic mass is 10.0. The first kappa shape index (κ1) is 30.6. The van der Waals surface area contributed by atoms with E-state index in [4.69, 9.17) is 16.3 Å². The molecule has 0 spiro atoms. The fourth-order valence-corrected chi connectivity index (χ4v) is 4.01. The molecule has 0 aliphatic heterocycles. The number of aromatic nitrogens is 3. The van der Waals surface area contributed by atoms with Gasteiger partial charge in [0.15, 0.2) is 5.82 Å². The first-order valence-corrected chi connectivity index (χ1v) is 12.9. The summed E-state index contributed by atoms with van der Waals surface area (Å²) in [6, 6.07) is 3.98. The number of hydrogen-bond donors (Lipinski definition) is 1. The first-order chi connectivity index (χ1) is 18.8. The molecular formula is C29H31ClF2N4O4. The molecule has 1 atom stereocenters. The van der Waals surface area contributed by atoms with Gasteiger partial charge >= 0.3 is 0 Å². The van der Waals surface area contributed by atoms with E-state index in [9.17, 15) is 23.5 Å². The lowest BCUT2D eigenvalue weighted by Gasteiger charge is -2.14. The Kier molecular flexibility index (Phi) is 9.94. The molecule has 11 heteroatoms. The van der Waals surface area contributed by atoms with E-state index in [-0.39, 0.29) is 40.4 Å². The topological polar surface area (TPSA) is 98.7 Å². The number of halogens is 3. The van der Waals surface area contributed by atoms with E-state index in [1.165, 1.54) is 33.7 Å². The van der Waals surface area contributed by atoms with Crippen molar-refractivity contribution in [3.05, 3.63) is 108 Å². The molecule has 0 bridgehead atoms. The quantitative estimate of drug-likeness (QED) is 0.289. The zero-order valence-electron chi connectivity index (χ0n) is 23.1. The molecule has 1 N–H and O–H groups in total. The number of aliphatic hydroxyl groups excluding tert-OH is 1. The van der Waals surface area contributed by atoms with E-state index in [2.05, 4.69) is 9.98 Å². The molecule has 0 saturated heterocycles. The highest BCUT2D eigenvalue weighted by Crippen LogP contribution is 2.23. The highest BCUT2D eigenvalue weighted by Gasteiger charge is 2.15. The number of rotatable bonds is 8. The summed E-state index contributed by atoms with van der Waals surface area (Å²) in [7, 11) is 0. The number of nitrogens with zero attached hydrogens (tertiary/aromatic N) is 4. The van der Waals surface area contributed by atoms with Crippen LogP contribution in [0.4, 0.5) is 8.78 Å². The van der Waals surface area contributed by atoms with Crippen LogP contribution >= 0.6 is 11.6 Å². The molecule has 0 fully saturated rings. The Morgan fingerprint density at radius 1 is 1.20 bits per heavy atom. The Balaban J connectivity index is 2.04. The Morgan fingerprint density at radius 2 is 1.90 bits per heavy atom. The van der Waals surface area contributed by atoms with Crippen molar-refractivity contribution in [3.63, 3.8) is 0 Å². The normalized spacial score (nSPS) is 13.4. The van der Waals surface area contributed by atoms with Gasteiger partial charge in [-0.05, 0) is 56.9 Å². The van der Waals surface area contributed by atoms with Crippen molar-refractivity contribution in [2.24, 2.45) is 4.99 Å². The molecule has 0 aliphatic rings. The summed E-state index contributed by atoms with van der Waals surface area (Å²) >= 11 is 6.28. The fourth-order valence-electron chi connectivity index (χ4n) is 3.81. The molecule has 8 nitrogen and oxygen atoms in total. The summed E-state index contributed by atoms with van der Waals surface area (Å²) in [6.07, 6.45) is 6.06. The predicted molar refractivity (Wildman–Crippen MR) is 152 cm³/mol. The number of aryl methyl sites for hydroxylation is 2. The molecule has 3 aromatic rings. The van der Waals surface area contributed by atoms with Crippen LogP contribution in [0.1, 0.15) is 56.1 Å². The second-order valence-electron chi connectivity index (χ2n) is 9.60. The van der Waals surface area contributed by atoms with Crippen LogP contribution in [0.5, 0.6) is 5.75 Å². The summed E-state index contributed by atoms with van der Waals surface area (Å²) < 4.78 is 35.2. The molecule has 3 heterocycles. The molecule has 0 aromatic carbocycles. The van der Waals surface area contributed by atoms with Crippen molar-refractivity contribution in [1.82, 2.24) is 14.1 Å². The maximum absolute atomic E-state index is 13.9. The minimum atomic E-state index is -0.886. The van der Waals surface area contributed by atoms with E-state index in [1.807, 2.05) is 26.8 Å². The van der Waals surface area contributed by atoms with E-state index in [1.54, 1.807) is 27.0 Å². The maximum Gasteiger partial charge on any atom is 0.277 e. The molecule has 0 amide bonds. The smallest absolute Gasteiger partial charge is 0.277 e. The number of hydrogen-bond acceptors (Lipinski definition) is 6. The van der Waals surface area contributed by atoms with E-state index < -0.39 is 23.3 Å². The number of allylic oxidation sites excluding steroid dienone is 1. The zero-order chi connectivity index (χ0) is 29.7. The lowest BCUT2D eigenvalue weighted by Crippen LogP contribution is -2.30. The van der Waals surface area contributed by atoms with Crippen LogP contribution in [0.25, 0.3) is 6.20 Å². The molecule has 0 saturated carbocycles. The van der Waals surface area contributed by atoms with Crippen molar-refractivity contribution < 1.29 is 18.6 Å². The van der Waals surface area contributed by atoms with Gasteiger partial charge in [-0.2, -0.15) is 0 Å². The summed E-state index contributed by atoms with van der Waals surface area (Å²) in [4.78, 5) is 34.5. The van der Waals surface area contributed by atoms with Crippen LogP contribution in [0.3, 0.4) is 0 Å². The molecule has 0 radical (unpaired) electrons. The highest BCUT2D eigenvalue weighted by atomic mass is 35.5. The van der Waals surface area contributed by atoms with Crippen LogP contribution in [0, 0.1) is 25.5 Å². The number of pyridine rings is 3. The van der Waals surface area contributed by atoms with Crippen molar-refractivity contribution >= 4 is 23.6 Å². The van der Waals surface area contributed by atoms with Gasteiger partial charge in [0.1, 0.15) is 34.7 Å². The molecule has 40 heavy (non-hydrogen) atoms. The van der Waals surface area contributed by atoms with Gasteiger partial charge in [-0.25, -0.2) is 13.8 Å². The highest BCUT2D eigenvalue weighted by molar-refractivity contribution is 6.31. The number of aliphatic hydroxyl groups is 1. The molecule has 212 valence electrons. The Morgan fingerprint density at radius 3 is 2.52 bits per heavy atom. The summed E-state index contributed by atoms with van der Waals surface area (Å²) in [5.74, 6) is -1.54. The SMILES string of the molecule is C/C(=C/N=C(\C=C\n1c(C)cc(OCc2ncc(F)cc2F)c(Cl)c1=O)n1ccc(C)c(C(C)C)c1=O)[C@H](C)O. The largest absolute Gasteiger partial charge is 0.485 e. The third-order valence-corrected chi connectivity index (χ3v) is 6.54. The number of ether oxygens (including phenoxy) is 1. The van der Waals surface area contributed by atoms with Crippen molar-refractivity contribution in [2.45, 2.75) is 60.2 Å². The molecule has 0 unspecified atom stereocenters. The van der Waals surface area contributed by atoms with E-state index >= 15 is 0 Å². The van der Waals surface area contributed by atoms with Crippen molar-refractivity contribution in [1.29, 1.82) is 0 Å². The van der Waals surface area contributed by atoms with Gasteiger partial charge in [-0.15, -0.1) is 0 Å². The lowest BCUT2D eigenvalue weighted by molar-refractivity contribution is 0.231. The van der Waals surface area contributed by atoms with Crippen molar-refractivity contribution in [3.8, 4) is 5.75 Å². The fraction of sp³-hybridized carbons (Fsp3) is 0.310. The maximum atomic E-state index is 13.9. The van der Waals surface area contributed by atoms with Crippen LogP contribution in [-0.2, 0) is 6.61 Å². The van der Waals surface area contributed by atoms with Gasteiger partial charge in [0.25, 0.3) is 11.1 Å². The Hall–Kier alpha value is -3.89.